The Labute approximate surface area is 187 Å². The quantitative estimate of drug-likeness (QED) is 0.514. The van der Waals surface area contributed by atoms with Gasteiger partial charge in [0.1, 0.15) is 11.6 Å². The molecule has 0 radical (unpaired) electrons. The molecule has 6 heteroatoms. The van der Waals surface area contributed by atoms with E-state index >= 15 is 0 Å². The van der Waals surface area contributed by atoms with Gasteiger partial charge in [0.15, 0.2) is 0 Å². The van der Waals surface area contributed by atoms with Crippen molar-refractivity contribution < 1.29 is 8.78 Å². The Morgan fingerprint density at radius 1 is 1.10 bits per heavy atom. The van der Waals surface area contributed by atoms with Gasteiger partial charge in [-0.15, -0.1) is 0 Å². The largest absolute Gasteiger partial charge is 0.247 e. The number of nitrogens with zero attached hydrogens (tertiary/aromatic N) is 1. The van der Waals surface area contributed by atoms with Gasteiger partial charge in [0, 0.05) is 35.8 Å². The van der Waals surface area contributed by atoms with E-state index in [1.165, 1.54) is 36.6 Å². The fourth-order valence-corrected chi connectivity index (χ4v) is 5.94. The highest BCUT2D eigenvalue weighted by Crippen LogP contribution is 2.46. The van der Waals surface area contributed by atoms with E-state index in [1.807, 2.05) is 31.2 Å². The number of aryl methyl sites for hydroxylation is 1. The van der Waals surface area contributed by atoms with E-state index in [0.717, 1.165) is 36.9 Å². The summed E-state index contributed by atoms with van der Waals surface area (Å²) in [4.78, 5) is 0. The number of nitrogens with one attached hydrogen (secondary N) is 1. The molecule has 1 N–H and O–H groups in total. The average Bonchev–Trinajstić information content (AvgIpc) is 3.57. The molecule has 5 rings (SSSR count). The van der Waals surface area contributed by atoms with Crippen LogP contribution in [0.3, 0.4) is 0 Å². The molecule has 2 saturated carbocycles. The summed E-state index contributed by atoms with van der Waals surface area (Å²) < 4.78 is 33.9. The van der Waals surface area contributed by atoms with Gasteiger partial charge in [-0.05, 0) is 86.3 Å². The molecule has 3 aliphatic rings. The van der Waals surface area contributed by atoms with Gasteiger partial charge in [-0.25, -0.2) is 17.8 Å². The van der Waals surface area contributed by atoms with E-state index in [4.69, 9.17) is 11.6 Å². The normalized spacial score (nSPS) is 29.0. The topological polar surface area (TPSA) is 15.3 Å². The molecule has 0 spiro atoms. The summed E-state index contributed by atoms with van der Waals surface area (Å²) >= 11 is 7.38. The lowest BCUT2D eigenvalue weighted by Gasteiger charge is -2.47. The SMILES string of the molecule is C[C@@]1(c2cc(F)ccc2F)CCC2NSN(C3CC3)CC2C1.Cc1ccc(Cl)cc1. The van der Waals surface area contributed by atoms with Crippen molar-refractivity contribution in [1.82, 2.24) is 9.03 Å². The maximum absolute atomic E-state index is 14.2. The maximum atomic E-state index is 14.2. The monoisotopic (exact) mass is 450 g/mol. The predicted molar refractivity (Wildman–Crippen MR) is 121 cm³/mol. The predicted octanol–water partition coefficient (Wildman–Crippen LogP) is 6.67. The number of hydrogen-bond acceptors (Lipinski definition) is 3. The molecule has 2 aliphatic carbocycles. The van der Waals surface area contributed by atoms with E-state index in [1.54, 1.807) is 12.1 Å². The number of benzene rings is 2. The first-order chi connectivity index (χ1) is 14.3. The van der Waals surface area contributed by atoms with Crippen molar-refractivity contribution in [2.75, 3.05) is 6.54 Å². The lowest BCUT2D eigenvalue weighted by molar-refractivity contribution is 0.158. The molecule has 2 aromatic carbocycles. The first-order valence-electron chi connectivity index (χ1n) is 10.7. The standard InChI is InChI=1S/C17H22F2N2S.C7H7Cl/c1-17(14-8-12(18)2-5-15(14)19)7-6-16-11(9-17)10-21(22-20-16)13-3-4-13;1-6-2-4-7(8)5-3-6/h2,5,8,11,13,16,20H,3-4,6-7,9-10H2,1H3;2-5H,1H3/t11?,16?,17-;/m1./s1. The Bertz CT molecular complexity index is 853. The van der Waals surface area contributed by atoms with Gasteiger partial charge in [-0.2, -0.15) is 0 Å². The molecule has 0 amide bonds. The van der Waals surface area contributed by atoms with Crippen molar-refractivity contribution >= 4 is 23.7 Å². The number of hydrogen-bond donors (Lipinski definition) is 1. The van der Waals surface area contributed by atoms with Crippen molar-refractivity contribution in [2.24, 2.45) is 5.92 Å². The first kappa shape index (κ1) is 22.1. The second kappa shape index (κ2) is 9.15. The summed E-state index contributed by atoms with van der Waals surface area (Å²) in [6, 6.07) is 12.9. The van der Waals surface area contributed by atoms with Crippen LogP contribution in [0.2, 0.25) is 5.02 Å². The van der Waals surface area contributed by atoms with Crippen LogP contribution in [0.5, 0.6) is 0 Å². The molecule has 1 aliphatic heterocycles. The van der Waals surface area contributed by atoms with E-state index in [2.05, 4.69) is 16.0 Å². The van der Waals surface area contributed by atoms with Crippen LogP contribution in [0.15, 0.2) is 42.5 Å². The third kappa shape index (κ3) is 5.18. The zero-order valence-electron chi connectivity index (χ0n) is 17.5. The Morgan fingerprint density at radius 2 is 1.83 bits per heavy atom. The average molecular weight is 451 g/mol. The molecule has 30 heavy (non-hydrogen) atoms. The van der Waals surface area contributed by atoms with Crippen molar-refractivity contribution in [3.8, 4) is 0 Å². The molecule has 0 bridgehead atoms. The minimum atomic E-state index is -0.336. The van der Waals surface area contributed by atoms with Crippen LogP contribution in [0.4, 0.5) is 8.78 Å². The van der Waals surface area contributed by atoms with Crippen molar-refractivity contribution in [1.29, 1.82) is 0 Å². The summed E-state index contributed by atoms with van der Waals surface area (Å²) in [6.45, 7) is 5.21. The highest BCUT2D eigenvalue weighted by atomic mass is 35.5. The van der Waals surface area contributed by atoms with Crippen molar-refractivity contribution in [3.05, 3.63) is 70.2 Å². The Morgan fingerprint density at radius 3 is 2.50 bits per heavy atom. The van der Waals surface area contributed by atoms with Crippen LogP contribution in [0.1, 0.15) is 50.2 Å². The molecule has 2 aromatic rings. The number of halogens is 3. The molecule has 162 valence electrons. The van der Waals surface area contributed by atoms with Crippen molar-refractivity contribution in [3.63, 3.8) is 0 Å². The molecule has 1 heterocycles. The molecular weight excluding hydrogens is 422 g/mol. The molecular formula is C24H29ClF2N2S. The fourth-order valence-electron chi connectivity index (χ4n) is 4.61. The van der Waals surface area contributed by atoms with E-state index in [0.29, 0.717) is 17.5 Å². The first-order valence-corrected chi connectivity index (χ1v) is 11.9. The van der Waals surface area contributed by atoms with Crippen LogP contribution in [-0.2, 0) is 5.41 Å². The van der Waals surface area contributed by atoms with Crippen LogP contribution in [0.25, 0.3) is 0 Å². The minimum Gasteiger partial charge on any atom is -0.247 e. The molecule has 2 unspecified atom stereocenters. The van der Waals surface area contributed by atoms with Gasteiger partial charge in [-0.1, -0.05) is 36.2 Å². The molecule has 3 atom stereocenters. The van der Waals surface area contributed by atoms with Gasteiger partial charge < -0.3 is 0 Å². The molecule has 0 aromatic heterocycles. The highest BCUT2D eigenvalue weighted by Gasteiger charge is 2.45. The van der Waals surface area contributed by atoms with Crippen LogP contribution in [-0.4, -0.2) is 22.9 Å². The zero-order chi connectivity index (χ0) is 21.3. The van der Waals surface area contributed by atoms with E-state index in [9.17, 15) is 8.78 Å². The van der Waals surface area contributed by atoms with Crippen LogP contribution >= 0.6 is 23.7 Å². The minimum absolute atomic E-state index is 0.258. The van der Waals surface area contributed by atoms with Crippen molar-refractivity contribution in [2.45, 2.75) is 63.5 Å². The third-order valence-corrected chi connectivity index (χ3v) is 7.91. The van der Waals surface area contributed by atoms with Gasteiger partial charge in [0.05, 0.1) is 0 Å². The zero-order valence-corrected chi connectivity index (χ0v) is 19.1. The van der Waals surface area contributed by atoms with Gasteiger partial charge in [0.25, 0.3) is 0 Å². The number of rotatable bonds is 2. The summed E-state index contributed by atoms with van der Waals surface area (Å²) in [5.74, 6) is -0.0838. The Hall–Kier alpha value is -1.14. The molecule has 1 saturated heterocycles. The van der Waals surface area contributed by atoms with Gasteiger partial charge in [-0.3, -0.25) is 0 Å². The Kier molecular flexibility index (Phi) is 6.73. The smallest absolute Gasteiger partial charge is 0.127 e. The highest BCUT2D eigenvalue weighted by molar-refractivity contribution is 7.95. The summed E-state index contributed by atoms with van der Waals surface area (Å²) in [7, 11) is 0. The second-order valence-corrected chi connectivity index (χ2v) is 10.5. The van der Waals surface area contributed by atoms with Gasteiger partial charge >= 0.3 is 0 Å². The van der Waals surface area contributed by atoms with E-state index in [-0.39, 0.29) is 17.0 Å². The summed E-state index contributed by atoms with van der Waals surface area (Å²) in [5, 5.41) is 0.801. The van der Waals surface area contributed by atoms with Crippen LogP contribution < -0.4 is 4.72 Å². The fraction of sp³-hybridized carbons (Fsp3) is 0.500. The summed E-state index contributed by atoms with van der Waals surface area (Å²) in [5.41, 5.74) is 1.54. The number of fused-ring (bicyclic) bond motifs is 1. The van der Waals surface area contributed by atoms with Crippen LogP contribution in [0, 0.1) is 24.5 Å². The van der Waals surface area contributed by atoms with Gasteiger partial charge in [0.2, 0.25) is 0 Å². The Balaban J connectivity index is 0.000000230. The summed E-state index contributed by atoms with van der Waals surface area (Å²) in [6.07, 6.45) is 5.45. The van der Waals surface area contributed by atoms with E-state index < -0.39 is 0 Å². The molecule has 2 nitrogen and oxygen atoms in total. The lowest BCUT2D eigenvalue weighted by atomic mass is 9.65. The molecule has 3 fully saturated rings. The lowest BCUT2D eigenvalue weighted by Crippen LogP contribution is -2.52. The second-order valence-electron chi connectivity index (χ2n) is 9.13. The third-order valence-electron chi connectivity index (χ3n) is 6.57. The maximum Gasteiger partial charge on any atom is 0.127 e.